The average molecular weight is 292 g/mol. The van der Waals surface area contributed by atoms with Crippen molar-refractivity contribution in [3.63, 3.8) is 0 Å². The molecule has 0 aliphatic heterocycles. The predicted octanol–water partition coefficient (Wildman–Crippen LogP) is 2.90. The summed E-state index contributed by atoms with van der Waals surface area (Å²) in [5.74, 6) is 1.21. The highest BCUT2D eigenvalue weighted by Crippen LogP contribution is 2.22. The van der Waals surface area contributed by atoms with Crippen molar-refractivity contribution in [3.05, 3.63) is 29.8 Å². The second-order valence-electron chi connectivity index (χ2n) is 5.54. The molecule has 0 saturated heterocycles. The molecule has 4 heteroatoms. The summed E-state index contributed by atoms with van der Waals surface area (Å²) in [4.78, 5) is 14.4. The molecule has 1 fully saturated rings. The molecule has 1 aromatic rings. The second kappa shape index (κ2) is 7.70. The number of nitrogens with one attached hydrogen (secondary N) is 1. The van der Waals surface area contributed by atoms with Crippen LogP contribution in [0.3, 0.4) is 0 Å². The zero-order chi connectivity index (χ0) is 14.4. The first-order valence-corrected chi connectivity index (χ1v) is 8.29. The Balaban J connectivity index is 1.69. The molecule has 0 radical (unpaired) electrons. The Kier molecular flexibility index (Phi) is 5.92. The Morgan fingerprint density at radius 1 is 1.40 bits per heavy atom. The van der Waals surface area contributed by atoms with Gasteiger partial charge in [-0.15, -0.1) is 11.8 Å². The van der Waals surface area contributed by atoms with E-state index in [0.29, 0.717) is 6.42 Å². The molecule has 0 spiro atoms. The number of nitrogens with zero attached hydrogens (tertiary/aromatic N) is 1. The maximum absolute atomic E-state index is 11.5. The summed E-state index contributed by atoms with van der Waals surface area (Å²) in [5, 5.41) is 3.54. The second-order valence-corrected chi connectivity index (χ2v) is 6.71. The monoisotopic (exact) mass is 292 g/mol. The Labute approximate surface area is 126 Å². The van der Waals surface area contributed by atoms with E-state index in [1.807, 2.05) is 25.9 Å². The number of carbonyl (C=O) groups is 1. The smallest absolute Gasteiger partial charge is 0.222 e. The molecule has 0 unspecified atom stereocenters. The third-order valence-corrected chi connectivity index (χ3v) is 4.45. The Hall–Kier alpha value is -1.00. The van der Waals surface area contributed by atoms with Crippen LogP contribution in [0.25, 0.3) is 0 Å². The highest BCUT2D eigenvalue weighted by atomic mass is 32.2. The van der Waals surface area contributed by atoms with Gasteiger partial charge in [0.15, 0.2) is 0 Å². The molecule has 3 nitrogen and oxygen atoms in total. The Morgan fingerprint density at radius 2 is 2.20 bits per heavy atom. The lowest BCUT2D eigenvalue weighted by molar-refractivity contribution is -0.128. The van der Waals surface area contributed by atoms with E-state index in [4.69, 9.17) is 0 Å². The number of benzene rings is 1. The molecule has 110 valence electrons. The van der Waals surface area contributed by atoms with Gasteiger partial charge in [-0.1, -0.05) is 12.1 Å². The van der Waals surface area contributed by atoms with Crippen LogP contribution in [-0.4, -0.2) is 36.7 Å². The fraction of sp³-hybridized carbons (Fsp3) is 0.562. The van der Waals surface area contributed by atoms with Crippen molar-refractivity contribution >= 4 is 17.7 Å². The van der Waals surface area contributed by atoms with Gasteiger partial charge in [-0.2, -0.15) is 0 Å². The molecule has 1 aliphatic carbocycles. The molecule has 1 saturated carbocycles. The number of rotatable bonds is 8. The maximum Gasteiger partial charge on any atom is 0.222 e. The van der Waals surface area contributed by atoms with Crippen molar-refractivity contribution in [1.29, 1.82) is 0 Å². The fourth-order valence-electron chi connectivity index (χ4n) is 1.93. The van der Waals surface area contributed by atoms with Crippen LogP contribution in [0.2, 0.25) is 0 Å². The van der Waals surface area contributed by atoms with E-state index >= 15 is 0 Å². The molecule has 0 bridgehead atoms. The van der Waals surface area contributed by atoms with Crippen molar-refractivity contribution in [1.82, 2.24) is 10.2 Å². The van der Waals surface area contributed by atoms with Crippen LogP contribution >= 0.6 is 11.8 Å². The van der Waals surface area contributed by atoms with Crippen LogP contribution in [0.1, 0.15) is 31.2 Å². The first-order valence-electron chi connectivity index (χ1n) is 7.30. The number of hydrogen-bond acceptors (Lipinski definition) is 3. The summed E-state index contributed by atoms with van der Waals surface area (Å²) >= 11 is 1.84. The zero-order valence-corrected chi connectivity index (χ0v) is 13.2. The number of carbonyl (C=O) groups excluding carboxylic acids is 1. The van der Waals surface area contributed by atoms with Crippen LogP contribution in [0.5, 0.6) is 0 Å². The first-order chi connectivity index (χ1) is 9.65. The lowest BCUT2D eigenvalue weighted by atomic mass is 10.2. The van der Waals surface area contributed by atoms with Crippen LogP contribution < -0.4 is 5.32 Å². The van der Waals surface area contributed by atoms with Gasteiger partial charge in [0.2, 0.25) is 5.91 Å². The molecule has 1 aromatic carbocycles. The van der Waals surface area contributed by atoms with Crippen molar-refractivity contribution in [2.45, 2.75) is 43.2 Å². The van der Waals surface area contributed by atoms with Crippen LogP contribution in [0, 0.1) is 0 Å². The molecule has 0 aromatic heterocycles. The molecule has 1 N–H and O–H groups in total. The minimum absolute atomic E-state index is 0.216. The lowest BCUT2D eigenvalue weighted by Gasteiger charge is -2.10. The zero-order valence-electron chi connectivity index (χ0n) is 12.4. The van der Waals surface area contributed by atoms with Crippen LogP contribution in [-0.2, 0) is 11.3 Å². The Bertz CT molecular complexity index is 444. The third-order valence-electron chi connectivity index (χ3n) is 3.37. The summed E-state index contributed by atoms with van der Waals surface area (Å²) in [6.45, 7) is 0.970. The topological polar surface area (TPSA) is 32.3 Å². The lowest BCUT2D eigenvalue weighted by Crippen LogP contribution is -2.21. The standard InChI is InChI=1S/C16H24N2OS/c1-18(2)16(19)7-4-10-20-15-6-3-5-13(11-15)12-17-14-8-9-14/h3,5-6,11,14,17H,4,7-10,12H2,1-2H3. The number of thioether (sulfide) groups is 1. The molecule has 20 heavy (non-hydrogen) atoms. The quantitative estimate of drug-likeness (QED) is 0.590. The molecule has 0 atom stereocenters. The number of amides is 1. The van der Waals surface area contributed by atoms with Gasteiger partial charge < -0.3 is 10.2 Å². The van der Waals surface area contributed by atoms with Gasteiger partial charge in [0.05, 0.1) is 0 Å². The summed E-state index contributed by atoms with van der Waals surface area (Å²) in [5.41, 5.74) is 1.35. The average Bonchev–Trinajstić information content (AvgIpc) is 3.25. The van der Waals surface area contributed by atoms with E-state index in [-0.39, 0.29) is 5.91 Å². The fourth-order valence-corrected chi connectivity index (χ4v) is 2.87. The van der Waals surface area contributed by atoms with E-state index in [1.165, 1.54) is 23.3 Å². The molecular weight excluding hydrogens is 268 g/mol. The first kappa shape index (κ1) is 15.4. The maximum atomic E-state index is 11.5. The summed E-state index contributed by atoms with van der Waals surface area (Å²) in [6, 6.07) is 9.46. The largest absolute Gasteiger partial charge is 0.349 e. The van der Waals surface area contributed by atoms with Crippen LogP contribution in [0.15, 0.2) is 29.2 Å². The summed E-state index contributed by atoms with van der Waals surface area (Å²) in [7, 11) is 3.62. The number of hydrogen-bond donors (Lipinski definition) is 1. The summed E-state index contributed by atoms with van der Waals surface area (Å²) in [6.07, 6.45) is 4.23. The molecule has 1 amide bonds. The van der Waals surface area contributed by atoms with E-state index in [1.54, 1.807) is 4.90 Å². The van der Waals surface area contributed by atoms with Gasteiger partial charge in [0, 0.05) is 38.0 Å². The Morgan fingerprint density at radius 3 is 2.90 bits per heavy atom. The van der Waals surface area contributed by atoms with Gasteiger partial charge in [-0.05, 0) is 42.7 Å². The summed E-state index contributed by atoms with van der Waals surface area (Å²) < 4.78 is 0. The van der Waals surface area contributed by atoms with Crippen LogP contribution in [0.4, 0.5) is 0 Å². The van der Waals surface area contributed by atoms with E-state index in [0.717, 1.165) is 24.8 Å². The van der Waals surface area contributed by atoms with Gasteiger partial charge >= 0.3 is 0 Å². The van der Waals surface area contributed by atoms with E-state index in [2.05, 4.69) is 29.6 Å². The van der Waals surface area contributed by atoms with Crippen molar-refractivity contribution in [2.75, 3.05) is 19.8 Å². The SMILES string of the molecule is CN(C)C(=O)CCCSc1cccc(CNC2CC2)c1. The minimum Gasteiger partial charge on any atom is -0.349 e. The van der Waals surface area contributed by atoms with Gasteiger partial charge in [0.1, 0.15) is 0 Å². The van der Waals surface area contributed by atoms with Gasteiger partial charge in [0.25, 0.3) is 0 Å². The van der Waals surface area contributed by atoms with E-state index in [9.17, 15) is 4.79 Å². The van der Waals surface area contributed by atoms with E-state index < -0.39 is 0 Å². The highest BCUT2D eigenvalue weighted by molar-refractivity contribution is 7.99. The normalized spacial score (nSPS) is 14.3. The molecule has 2 rings (SSSR count). The molecule has 0 heterocycles. The minimum atomic E-state index is 0.216. The molecular formula is C16H24N2OS. The van der Waals surface area contributed by atoms with Crippen molar-refractivity contribution in [3.8, 4) is 0 Å². The van der Waals surface area contributed by atoms with Gasteiger partial charge in [-0.3, -0.25) is 4.79 Å². The van der Waals surface area contributed by atoms with Crippen molar-refractivity contribution in [2.24, 2.45) is 0 Å². The third kappa shape index (κ3) is 5.55. The molecule has 1 aliphatic rings. The highest BCUT2D eigenvalue weighted by Gasteiger charge is 2.19. The van der Waals surface area contributed by atoms with Gasteiger partial charge in [-0.25, -0.2) is 0 Å². The van der Waals surface area contributed by atoms with Crippen molar-refractivity contribution < 1.29 is 4.79 Å². The predicted molar refractivity (Wildman–Crippen MR) is 85.0 cm³/mol.